The molecule has 0 atom stereocenters. The minimum Gasteiger partial charge on any atom is -0.242 e. The number of allylic oxidation sites excluding steroid dienone is 1. The normalized spacial score (nSPS) is 10.5. The molecule has 0 fully saturated rings. The SMILES string of the molecule is C=C(C)C(=O)OOC(=O)/C(C)=C/C. The van der Waals surface area contributed by atoms with E-state index in [0.29, 0.717) is 5.57 Å². The summed E-state index contributed by atoms with van der Waals surface area (Å²) in [4.78, 5) is 30.0. The van der Waals surface area contributed by atoms with E-state index in [1.807, 2.05) is 0 Å². The van der Waals surface area contributed by atoms with Crippen LogP contribution in [0.5, 0.6) is 0 Å². The van der Waals surface area contributed by atoms with Gasteiger partial charge < -0.3 is 0 Å². The maximum Gasteiger partial charge on any atom is 0.381 e. The molecule has 72 valence electrons. The van der Waals surface area contributed by atoms with Crippen LogP contribution in [-0.4, -0.2) is 11.9 Å². The third-order valence-electron chi connectivity index (χ3n) is 1.30. The summed E-state index contributed by atoms with van der Waals surface area (Å²) in [6.45, 7) is 8.00. The molecular weight excluding hydrogens is 172 g/mol. The molecular formula is C9H12O4. The van der Waals surface area contributed by atoms with Crippen LogP contribution in [0.4, 0.5) is 0 Å². The summed E-state index contributed by atoms with van der Waals surface area (Å²) >= 11 is 0. The van der Waals surface area contributed by atoms with Crippen molar-refractivity contribution < 1.29 is 19.4 Å². The lowest BCUT2D eigenvalue weighted by molar-refractivity contribution is -0.252. The summed E-state index contributed by atoms with van der Waals surface area (Å²) < 4.78 is 0. The summed E-state index contributed by atoms with van der Waals surface area (Å²) in [6.07, 6.45) is 1.55. The molecule has 0 aromatic rings. The average molecular weight is 184 g/mol. The van der Waals surface area contributed by atoms with E-state index in [0.717, 1.165) is 0 Å². The summed E-state index contributed by atoms with van der Waals surface area (Å²) in [6, 6.07) is 0. The Labute approximate surface area is 76.8 Å². The van der Waals surface area contributed by atoms with E-state index in [2.05, 4.69) is 16.4 Å². The smallest absolute Gasteiger partial charge is 0.242 e. The number of hydrogen-bond acceptors (Lipinski definition) is 4. The van der Waals surface area contributed by atoms with Gasteiger partial charge >= 0.3 is 11.9 Å². The zero-order valence-corrected chi connectivity index (χ0v) is 7.92. The number of carbonyl (C=O) groups excluding carboxylic acids is 2. The van der Waals surface area contributed by atoms with E-state index >= 15 is 0 Å². The van der Waals surface area contributed by atoms with Gasteiger partial charge in [0.2, 0.25) is 0 Å². The first-order chi connectivity index (χ1) is 5.99. The van der Waals surface area contributed by atoms with Crippen LogP contribution in [0.15, 0.2) is 23.8 Å². The molecule has 0 spiro atoms. The Hall–Kier alpha value is -1.58. The molecule has 0 rings (SSSR count). The van der Waals surface area contributed by atoms with Crippen molar-refractivity contribution in [2.75, 3.05) is 0 Å². The van der Waals surface area contributed by atoms with Gasteiger partial charge in [0.15, 0.2) is 0 Å². The summed E-state index contributed by atoms with van der Waals surface area (Å²) in [5.74, 6) is -1.44. The molecule has 0 amide bonds. The second-order valence-electron chi connectivity index (χ2n) is 2.49. The molecule has 0 aliphatic carbocycles. The van der Waals surface area contributed by atoms with Crippen LogP contribution in [0, 0.1) is 0 Å². The van der Waals surface area contributed by atoms with Gasteiger partial charge in [-0.3, -0.25) is 0 Å². The van der Waals surface area contributed by atoms with Crippen LogP contribution in [0.25, 0.3) is 0 Å². The molecule has 0 radical (unpaired) electrons. The van der Waals surface area contributed by atoms with Crippen LogP contribution in [0.1, 0.15) is 20.8 Å². The van der Waals surface area contributed by atoms with Crippen molar-refractivity contribution >= 4 is 11.9 Å². The van der Waals surface area contributed by atoms with E-state index in [9.17, 15) is 9.59 Å². The predicted molar refractivity (Wildman–Crippen MR) is 46.4 cm³/mol. The number of hydrogen-bond donors (Lipinski definition) is 0. The largest absolute Gasteiger partial charge is 0.381 e. The van der Waals surface area contributed by atoms with Crippen LogP contribution in [0.2, 0.25) is 0 Å². The van der Waals surface area contributed by atoms with Gasteiger partial charge in [0.1, 0.15) is 0 Å². The maximum absolute atomic E-state index is 10.9. The molecule has 0 aliphatic rings. The topological polar surface area (TPSA) is 52.6 Å². The first-order valence-electron chi connectivity index (χ1n) is 3.70. The highest BCUT2D eigenvalue weighted by atomic mass is 17.2. The zero-order valence-electron chi connectivity index (χ0n) is 7.92. The van der Waals surface area contributed by atoms with E-state index < -0.39 is 11.9 Å². The van der Waals surface area contributed by atoms with Gasteiger partial charge in [-0.05, 0) is 20.8 Å². The maximum atomic E-state index is 10.9. The van der Waals surface area contributed by atoms with Gasteiger partial charge in [-0.15, -0.1) is 0 Å². The lowest BCUT2D eigenvalue weighted by Gasteiger charge is -2.01. The van der Waals surface area contributed by atoms with Gasteiger partial charge in [0, 0.05) is 11.1 Å². The molecule has 0 aromatic carbocycles. The van der Waals surface area contributed by atoms with Crippen molar-refractivity contribution in [2.45, 2.75) is 20.8 Å². The number of carbonyl (C=O) groups is 2. The van der Waals surface area contributed by atoms with Crippen molar-refractivity contribution in [2.24, 2.45) is 0 Å². The molecule has 0 bridgehead atoms. The Morgan fingerprint density at radius 1 is 1.15 bits per heavy atom. The molecule has 0 unspecified atom stereocenters. The highest BCUT2D eigenvalue weighted by Crippen LogP contribution is 1.99. The van der Waals surface area contributed by atoms with Crippen LogP contribution < -0.4 is 0 Å². The van der Waals surface area contributed by atoms with Gasteiger partial charge in [-0.25, -0.2) is 19.4 Å². The molecule has 13 heavy (non-hydrogen) atoms. The molecule has 0 aliphatic heterocycles. The molecule has 0 saturated carbocycles. The summed E-state index contributed by atoms with van der Waals surface area (Å²) in [5.41, 5.74) is 0.542. The van der Waals surface area contributed by atoms with E-state index in [-0.39, 0.29) is 5.57 Å². The summed E-state index contributed by atoms with van der Waals surface area (Å²) in [5, 5.41) is 0. The minimum atomic E-state index is -0.753. The molecule has 4 heteroatoms. The minimum absolute atomic E-state index is 0.172. The van der Waals surface area contributed by atoms with Gasteiger partial charge in [0.05, 0.1) is 0 Å². The Bertz CT molecular complexity index is 263. The third kappa shape index (κ3) is 4.10. The van der Waals surface area contributed by atoms with Crippen LogP contribution >= 0.6 is 0 Å². The first kappa shape index (κ1) is 11.4. The second kappa shape index (κ2) is 5.13. The molecule has 4 nitrogen and oxygen atoms in total. The predicted octanol–water partition coefficient (Wildman–Crippen LogP) is 1.53. The fourth-order valence-electron chi connectivity index (χ4n) is 0.330. The Balaban J connectivity index is 3.98. The monoisotopic (exact) mass is 184 g/mol. The lowest BCUT2D eigenvalue weighted by Crippen LogP contribution is -2.12. The molecule has 0 heterocycles. The van der Waals surface area contributed by atoms with E-state index in [1.54, 1.807) is 19.9 Å². The van der Waals surface area contributed by atoms with Crippen molar-refractivity contribution in [3.63, 3.8) is 0 Å². The average Bonchev–Trinajstić information content (AvgIpc) is 2.11. The highest BCUT2D eigenvalue weighted by molar-refractivity contribution is 5.90. The molecule has 0 saturated heterocycles. The van der Waals surface area contributed by atoms with E-state index in [4.69, 9.17) is 0 Å². The zero-order chi connectivity index (χ0) is 10.4. The van der Waals surface area contributed by atoms with Crippen molar-refractivity contribution in [3.8, 4) is 0 Å². The second-order valence-corrected chi connectivity index (χ2v) is 2.49. The third-order valence-corrected chi connectivity index (χ3v) is 1.30. The van der Waals surface area contributed by atoms with Gasteiger partial charge in [-0.2, -0.15) is 0 Å². The fourth-order valence-corrected chi connectivity index (χ4v) is 0.330. The van der Waals surface area contributed by atoms with Crippen LogP contribution in [-0.2, 0) is 19.4 Å². The van der Waals surface area contributed by atoms with Crippen LogP contribution in [0.3, 0.4) is 0 Å². The fraction of sp³-hybridized carbons (Fsp3) is 0.333. The molecule has 0 aromatic heterocycles. The van der Waals surface area contributed by atoms with Gasteiger partial charge in [0.25, 0.3) is 0 Å². The lowest BCUT2D eigenvalue weighted by atomic mass is 10.3. The Morgan fingerprint density at radius 2 is 1.62 bits per heavy atom. The number of rotatable bonds is 2. The Morgan fingerprint density at radius 3 is 2.00 bits per heavy atom. The van der Waals surface area contributed by atoms with Crippen molar-refractivity contribution in [1.82, 2.24) is 0 Å². The summed E-state index contributed by atoms with van der Waals surface area (Å²) in [7, 11) is 0. The van der Waals surface area contributed by atoms with Gasteiger partial charge in [-0.1, -0.05) is 12.7 Å². The van der Waals surface area contributed by atoms with Crippen molar-refractivity contribution in [1.29, 1.82) is 0 Å². The Kier molecular flexibility index (Phi) is 4.51. The molecule has 0 N–H and O–H groups in total. The highest BCUT2D eigenvalue weighted by Gasteiger charge is 2.10. The van der Waals surface area contributed by atoms with E-state index in [1.165, 1.54) is 6.92 Å². The van der Waals surface area contributed by atoms with Crippen molar-refractivity contribution in [3.05, 3.63) is 23.8 Å². The quantitative estimate of drug-likeness (QED) is 0.371. The standard InChI is InChI=1S/C9H12O4/c1-5-7(4)9(11)13-12-8(10)6(2)3/h5H,2H2,1,3-4H3/b7-5+. The first-order valence-corrected chi connectivity index (χ1v) is 3.70.